The zero-order valence-electron chi connectivity index (χ0n) is 10.7. The molecule has 21 heavy (non-hydrogen) atoms. The number of amides is 1. The molecule has 6 nitrogen and oxygen atoms in total. The van der Waals surface area contributed by atoms with Crippen LogP contribution in [0.5, 0.6) is 5.75 Å². The van der Waals surface area contributed by atoms with E-state index in [2.05, 4.69) is 5.32 Å². The van der Waals surface area contributed by atoms with E-state index in [4.69, 9.17) is 16.7 Å². The smallest absolute Gasteiger partial charge is 0.325 e. The number of carboxylic acids is 1. The van der Waals surface area contributed by atoms with Crippen LogP contribution in [0.15, 0.2) is 23.0 Å². The molecule has 0 radical (unpaired) electrons. The number of aromatic hydroxyl groups is 1. The summed E-state index contributed by atoms with van der Waals surface area (Å²) in [6.45, 7) is 1.26. The molecular formula is C13H10ClNO5S. The number of rotatable bonds is 3. The van der Waals surface area contributed by atoms with Crippen LogP contribution < -0.4 is 10.1 Å². The predicted octanol–water partition coefficient (Wildman–Crippen LogP) is 1.82. The molecule has 2 aromatic rings. The Morgan fingerprint density at radius 2 is 2.05 bits per heavy atom. The molecule has 110 valence electrons. The fraction of sp³-hybridized carbons (Fsp3) is 0.154. The summed E-state index contributed by atoms with van der Waals surface area (Å²) >= 11 is 6.56. The lowest BCUT2D eigenvalue weighted by Gasteiger charge is -2.10. The molecule has 3 N–H and O–H groups in total. The van der Waals surface area contributed by atoms with Crippen molar-refractivity contribution >= 4 is 44.9 Å². The van der Waals surface area contributed by atoms with Gasteiger partial charge in [-0.05, 0) is 25.1 Å². The molecule has 0 aliphatic rings. The molecule has 1 aromatic carbocycles. The summed E-state index contributed by atoms with van der Waals surface area (Å²) in [6, 6.07) is 3.33. The van der Waals surface area contributed by atoms with Crippen LogP contribution in [0.4, 0.5) is 0 Å². The normalized spacial score (nSPS) is 12.1. The Bertz CT molecular complexity index is 801. The Balaban J connectivity index is 2.54. The second-order valence-electron chi connectivity index (χ2n) is 4.29. The Morgan fingerprint density at radius 3 is 2.67 bits per heavy atom. The number of benzene rings is 1. The van der Waals surface area contributed by atoms with Gasteiger partial charge in [0.2, 0.25) is 4.74 Å². The summed E-state index contributed by atoms with van der Waals surface area (Å²) in [5.74, 6) is -2.66. The van der Waals surface area contributed by atoms with Gasteiger partial charge in [-0.2, -0.15) is 0 Å². The van der Waals surface area contributed by atoms with E-state index >= 15 is 0 Å². The number of hydrogen-bond acceptors (Lipinski definition) is 5. The zero-order valence-corrected chi connectivity index (χ0v) is 12.3. The van der Waals surface area contributed by atoms with Gasteiger partial charge in [0.05, 0.1) is 0 Å². The van der Waals surface area contributed by atoms with Crippen molar-refractivity contribution in [2.24, 2.45) is 0 Å². The summed E-state index contributed by atoms with van der Waals surface area (Å²) in [7, 11) is 0. The van der Waals surface area contributed by atoms with Crippen LogP contribution in [0, 0.1) is 0 Å². The van der Waals surface area contributed by atoms with Crippen LogP contribution in [0.25, 0.3) is 10.1 Å². The second-order valence-corrected chi connectivity index (χ2v) is 5.74. The molecule has 0 bridgehead atoms. The molecule has 0 unspecified atom stereocenters. The topological polar surface area (TPSA) is 104 Å². The van der Waals surface area contributed by atoms with Gasteiger partial charge in [-0.3, -0.25) is 14.4 Å². The van der Waals surface area contributed by atoms with E-state index in [-0.39, 0.29) is 0 Å². The Labute approximate surface area is 127 Å². The molecule has 0 fully saturated rings. The van der Waals surface area contributed by atoms with Crippen LogP contribution in [0.1, 0.15) is 17.3 Å². The molecule has 0 saturated carbocycles. The van der Waals surface area contributed by atoms with E-state index in [0.29, 0.717) is 15.1 Å². The summed E-state index contributed by atoms with van der Waals surface area (Å²) in [4.78, 5) is 34.6. The summed E-state index contributed by atoms with van der Waals surface area (Å²) in [5.41, 5.74) is -0.470. The number of aliphatic carboxylic acids is 1. The van der Waals surface area contributed by atoms with Gasteiger partial charge >= 0.3 is 5.97 Å². The van der Waals surface area contributed by atoms with Gasteiger partial charge in [0, 0.05) is 15.1 Å². The minimum atomic E-state index is -1.24. The summed E-state index contributed by atoms with van der Waals surface area (Å²) in [6.07, 6.45) is 0. The molecule has 0 spiro atoms. The number of halogens is 1. The molecule has 1 atom stereocenters. The minimum absolute atomic E-state index is 0.303. The molecular weight excluding hydrogens is 318 g/mol. The molecule has 1 heterocycles. The van der Waals surface area contributed by atoms with Gasteiger partial charge in [0.15, 0.2) is 0 Å². The van der Waals surface area contributed by atoms with Gasteiger partial charge in [-0.1, -0.05) is 22.9 Å². The van der Waals surface area contributed by atoms with Crippen molar-refractivity contribution in [1.82, 2.24) is 5.32 Å². The number of fused-ring (bicyclic) bond motifs is 1. The highest BCUT2D eigenvalue weighted by Gasteiger charge is 2.22. The maximum Gasteiger partial charge on any atom is 0.325 e. The predicted molar refractivity (Wildman–Crippen MR) is 79.3 cm³/mol. The monoisotopic (exact) mass is 327 g/mol. The van der Waals surface area contributed by atoms with Gasteiger partial charge in [-0.15, -0.1) is 0 Å². The molecule has 0 aliphatic carbocycles. The van der Waals surface area contributed by atoms with Crippen LogP contribution in [0.2, 0.25) is 5.02 Å². The van der Waals surface area contributed by atoms with E-state index in [1.54, 1.807) is 0 Å². The highest BCUT2D eigenvalue weighted by atomic mass is 35.5. The first-order valence-corrected chi connectivity index (χ1v) is 6.99. The quantitative estimate of drug-likeness (QED) is 0.797. The van der Waals surface area contributed by atoms with E-state index in [1.807, 2.05) is 0 Å². The lowest BCUT2D eigenvalue weighted by molar-refractivity contribution is -0.138. The highest BCUT2D eigenvalue weighted by Crippen LogP contribution is 2.30. The molecule has 0 saturated heterocycles. The van der Waals surface area contributed by atoms with Crippen molar-refractivity contribution < 1.29 is 19.8 Å². The number of carbonyl (C=O) groups excluding carboxylic acids is 1. The third-order valence-electron chi connectivity index (χ3n) is 2.79. The average Bonchev–Trinajstić information content (AvgIpc) is 2.37. The number of carbonyl (C=O) groups is 2. The van der Waals surface area contributed by atoms with Crippen molar-refractivity contribution in [3.05, 3.63) is 38.3 Å². The number of nitrogens with one attached hydrogen (secondary N) is 1. The summed E-state index contributed by atoms with van der Waals surface area (Å²) < 4.78 is -0.231. The van der Waals surface area contributed by atoms with Crippen molar-refractivity contribution in [2.75, 3.05) is 0 Å². The Morgan fingerprint density at radius 1 is 1.38 bits per heavy atom. The van der Waals surface area contributed by atoms with Crippen LogP contribution >= 0.6 is 22.9 Å². The van der Waals surface area contributed by atoms with Gasteiger partial charge in [0.25, 0.3) is 5.91 Å². The summed E-state index contributed by atoms with van der Waals surface area (Å²) in [5, 5.41) is 21.7. The molecule has 0 aliphatic heterocycles. The van der Waals surface area contributed by atoms with E-state index in [0.717, 1.165) is 11.3 Å². The fourth-order valence-corrected chi connectivity index (χ4v) is 2.88. The molecule has 1 amide bonds. The SMILES string of the molecule is C[C@H](NC(=O)c1c(O)c2ccc(Cl)cc2sc1=O)C(=O)O. The van der Waals surface area contributed by atoms with Crippen molar-refractivity contribution in [3.63, 3.8) is 0 Å². The minimum Gasteiger partial charge on any atom is -0.506 e. The first kappa shape index (κ1) is 15.3. The zero-order chi connectivity index (χ0) is 15.7. The Hall–Kier alpha value is -2.12. The van der Waals surface area contributed by atoms with Crippen LogP contribution in [-0.4, -0.2) is 28.1 Å². The van der Waals surface area contributed by atoms with Crippen molar-refractivity contribution in [2.45, 2.75) is 13.0 Å². The first-order valence-electron chi connectivity index (χ1n) is 5.80. The third kappa shape index (κ3) is 2.98. The molecule has 8 heteroatoms. The van der Waals surface area contributed by atoms with Crippen LogP contribution in [0.3, 0.4) is 0 Å². The molecule has 1 aromatic heterocycles. The lowest BCUT2D eigenvalue weighted by atomic mass is 10.1. The number of carboxylic acid groups (broad SMARTS) is 1. The average molecular weight is 328 g/mol. The standard InChI is InChI=1S/C13H10ClNO5S/c1-5(12(18)19)15-11(17)9-10(16)7-3-2-6(14)4-8(7)21-13(9)20/h2-5,16H,1H3,(H,15,17)(H,18,19)/t5-/m0/s1. The van der Waals surface area contributed by atoms with Crippen LogP contribution in [-0.2, 0) is 4.79 Å². The van der Waals surface area contributed by atoms with E-state index < -0.39 is 34.0 Å². The lowest BCUT2D eigenvalue weighted by Crippen LogP contribution is -2.39. The van der Waals surface area contributed by atoms with E-state index in [9.17, 15) is 19.5 Å². The van der Waals surface area contributed by atoms with E-state index in [1.165, 1.54) is 25.1 Å². The third-order valence-corrected chi connectivity index (χ3v) is 3.97. The maximum atomic E-state index is 12.0. The van der Waals surface area contributed by atoms with Gasteiger partial charge < -0.3 is 15.5 Å². The van der Waals surface area contributed by atoms with Gasteiger partial charge in [-0.25, -0.2) is 0 Å². The maximum absolute atomic E-state index is 12.0. The highest BCUT2D eigenvalue weighted by molar-refractivity contribution is 7.16. The second kappa shape index (κ2) is 5.71. The Kier molecular flexibility index (Phi) is 4.15. The van der Waals surface area contributed by atoms with Crippen molar-refractivity contribution in [1.29, 1.82) is 0 Å². The van der Waals surface area contributed by atoms with Gasteiger partial charge in [0.1, 0.15) is 17.4 Å². The van der Waals surface area contributed by atoms with Crippen molar-refractivity contribution in [3.8, 4) is 5.75 Å². The molecule has 2 rings (SSSR count). The largest absolute Gasteiger partial charge is 0.506 e. The number of hydrogen-bond donors (Lipinski definition) is 3. The first-order chi connectivity index (χ1) is 9.81. The fourth-order valence-electron chi connectivity index (χ4n) is 1.69.